The number of hydrogen-bond donors (Lipinski definition) is 3. The van der Waals surface area contributed by atoms with Crippen molar-refractivity contribution in [2.45, 2.75) is 12.8 Å². The van der Waals surface area contributed by atoms with Crippen molar-refractivity contribution >= 4 is 11.8 Å². The first-order valence-electron chi connectivity index (χ1n) is 4.88. The molecule has 0 radical (unpaired) electrons. The van der Waals surface area contributed by atoms with E-state index >= 15 is 0 Å². The zero-order chi connectivity index (χ0) is 11.1. The van der Waals surface area contributed by atoms with Gasteiger partial charge in [-0.15, -0.1) is 0 Å². The third-order valence-electron chi connectivity index (χ3n) is 1.96. The molecule has 4 N–H and O–H groups in total. The van der Waals surface area contributed by atoms with Crippen LogP contribution in [0, 0.1) is 0 Å². The zero-order valence-corrected chi connectivity index (χ0v) is 8.44. The lowest BCUT2D eigenvalue weighted by atomic mass is 10.2. The second-order valence-electron chi connectivity index (χ2n) is 3.13. The molecule has 0 aliphatic heterocycles. The summed E-state index contributed by atoms with van der Waals surface area (Å²) >= 11 is 0. The lowest BCUT2D eigenvalue weighted by Gasteiger charge is -2.07. The van der Waals surface area contributed by atoms with Crippen LogP contribution in [0.3, 0.4) is 0 Å². The topological polar surface area (TPSA) is 88.2 Å². The maximum absolute atomic E-state index is 10.8. The molecule has 0 amide bonds. The predicted molar refractivity (Wildman–Crippen MR) is 58.0 cm³/mol. The molecule has 15 heavy (non-hydrogen) atoms. The van der Waals surface area contributed by atoms with Gasteiger partial charge in [0.15, 0.2) is 0 Å². The second kappa shape index (κ2) is 5.98. The van der Waals surface area contributed by atoms with Gasteiger partial charge in [-0.1, -0.05) is 0 Å². The van der Waals surface area contributed by atoms with Crippen molar-refractivity contribution in [2.24, 2.45) is 5.73 Å². The van der Waals surface area contributed by atoms with Gasteiger partial charge < -0.3 is 16.2 Å². The minimum Gasteiger partial charge on any atom is -0.478 e. The van der Waals surface area contributed by atoms with Crippen molar-refractivity contribution in [3.8, 4) is 0 Å². The molecule has 1 heterocycles. The van der Waals surface area contributed by atoms with Gasteiger partial charge in [0, 0.05) is 12.7 Å². The summed E-state index contributed by atoms with van der Waals surface area (Å²) in [6.07, 6.45) is 3.39. The molecule has 0 spiro atoms. The summed E-state index contributed by atoms with van der Waals surface area (Å²) in [4.78, 5) is 14.8. The van der Waals surface area contributed by atoms with Gasteiger partial charge in [0.1, 0.15) is 11.4 Å². The first-order chi connectivity index (χ1) is 7.25. The Morgan fingerprint density at radius 2 is 2.33 bits per heavy atom. The summed E-state index contributed by atoms with van der Waals surface area (Å²) < 4.78 is 0. The van der Waals surface area contributed by atoms with Gasteiger partial charge in [-0.25, -0.2) is 9.78 Å². The highest BCUT2D eigenvalue weighted by Crippen LogP contribution is 2.10. The zero-order valence-electron chi connectivity index (χ0n) is 8.44. The lowest BCUT2D eigenvalue weighted by molar-refractivity contribution is 0.0697. The van der Waals surface area contributed by atoms with E-state index in [1.807, 2.05) is 0 Å². The molecular formula is C10H15N3O2. The number of hydrogen-bond acceptors (Lipinski definition) is 4. The summed E-state index contributed by atoms with van der Waals surface area (Å²) in [6, 6.07) is 3.13. The molecule has 0 fully saturated rings. The molecule has 1 aromatic rings. The molecule has 0 aliphatic carbocycles. The Hall–Kier alpha value is -1.62. The smallest absolute Gasteiger partial charge is 0.339 e. The Labute approximate surface area is 88.3 Å². The fourth-order valence-electron chi connectivity index (χ4n) is 1.19. The molecule has 0 aliphatic rings. The lowest BCUT2D eigenvalue weighted by Crippen LogP contribution is -2.10. The molecule has 0 atom stereocenters. The van der Waals surface area contributed by atoms with Crippen LogP contribution in [-0.4, -0.2) is 29.1 Å². The van der Waals surface area contributed by atoms with Gasteiger partial charge in [-0.2, -0.15) is 0 Å². The fraction of sp³-hybridized carbons (Fsp3) is 0.400. The molecule has 1 aromatic heterocycles. The number of carboxylic acid groups (broad SMARTS) is 1. The molecule has 1 rings (SSSR count). The van der Waals surface area contributed by atoms with Gasteiger partial charge in [0.05, 0.1) is 0 Å². The normalized spacial score (nSPS) is 9.93. The van der Waals surface area contributed by atoms with Crippen LogP contribution in [0.1, 0.15) is 23.2 Å². The van der Waals surface area contributed by atoms with Crippen LogP contribution in [-0.2, 0) is 0 Å². The maximum atomic E-state index is 10.8. The molecule has 0 bridgehead atoms. The van der Waals surface area contributed by atoms with Gasteiger partial charge in [-0.05, 0) is 31.5 Å². The molecule has 82 valence electrons. The van der Waals surface area contributed by atoms with Crippen molar-refractivity contribution in [2.75, 3.05) is 18.4 Å². The number of rotatable bonds is 6. The van der Waals surface area contributed by atoms with E-state index in [0.29, 0.717) is 18.9 Å². The summed E-state index contributed by atoms with van der Waals surface area (Å²) in [5.41, 5.74) is 5.55. The van der Waals surface area contributed by atoms with Crippen molar-refractivity contribution in [1.29, 1.82) is 0 Å². The van der Waals surface area contributed by atoms with Crippen LogP contribution < -0.4 is 11.1 Å². The van der Waals surface area contributed by atoms with E-state index < -0.39 is 5.97 Å². The Bertz CT molecular complexity index is 328. The Morgan fingerprint density at radius 1 is 1.53 bits per heavy atom. The molecule has 0 saturated carbocycles. The Morgan fingerprint density at radius 3 is 3.00 bits per heavy atom. The molecule has 0 unspecified atom stereocenters. The number of pyridine rings is 1. The Balaban J connectivity index is 2.56. The van der Waals surface area contributed by atoms with Crippen LogP contribution in [0.25, 0.3) is 0 Å². The number of aromatic nitrogens is 1. The highest BCUT2D eigenvalue weighted by Gasteiger charge is 2.08. The Kier molecular flexibility index (Phi) is 4.56. The van der Waals surface area contributed by atoms with Crippen molar-refractivity contribution in [3.63, 3.8) is 0 Å². The highest BCUT2D eigenvalue weighted by atomic mass is 16.4. The quantitative estimate of drug-likeness (QED) is 0.606. The van der Waals surface area contributed by atoms with Crippen molar-refractivity contribution in [3.05, 3.63) is 23.9 Å². The number of nitrogens with one attached hydrogen (secondary N) is 1. The van der Waals surface area contributed by atoms with Crippen LogP contribution in [0.5, 0.6) is 0 Å². The largest absolute Gasteiger partial charge is 0.478 e. The summed E-state index contributed by atoms with van der Waals surface area (Å²) in [6.45, 7) is 1.34. The van der Waals surface area contributed by atoms with Gasteiger partial charge >= 0.3 is 5.97 Å². The molecule has 0 saturated heterocycles. The van der Waals surface area contributed by atoms with E-state index in [1.54, 1.807) is 12.3 Å². The van der Waals surface area contributed by atoms with Gasteiger partial charge in [0.25, 0.3) is 0 Å². The van der Waals surface area contributed by atoms with Crippen LogP contribution in [0.15, 0.2) is 18.3 Å². The number of nitrogens with two attached hydrogens (primary N) is 1. The third-order valence-corrected chi connectivity index (χ3v) is 1.96. The van der Waals surface area contributed by atoms with Crippen molar-refractivity contribution in [1.82, 2.24) is 4.98 Å². The second-order valence-corrected chi connectivity index (χ2v) is 3.13. The first kappa shape index (κ1) is 11.5. The standard InChI is InChI=1S/C10H15N3O2/c11-5-1-2-6-12-9-8(10(14)15)4-3-7-13-9/h3-4,7H,1-2,5-6,11H2,(H,12,13)(H,14,15). The van der Waals surface area contributed by atoms with E-state index in [1.165, 1.54) is 6.07 Å². The highest BCUT2D eigenvalue weighted by molar-refractivity contribution is 5.92. The van der Waals surface area contributed by atoms with Crippen LogP contribution >= 0.6 is 0 Å². The van der Waals surface area contributed by atoms with E-state index in [0.717, 1.165) is 12.8 Å². The van der Waals surface area contributed by atoms with E-state index in [4.69, 9.17) is 10.8 Å². The maximum Gasteiger partial charge on any atom is 0.339 e. The summed E-state index contributed by atoms with van der Waals surface area (Å²) in [5.74, 6) is -0.550. The summed E-state index contributed by atoms with van der Waals surface area (Å²) in [5, 5.41) is 11.9. The van der Waals surface area contributed by atoms with Crippen LogP contribution in [0.2, 0.25) is 0 Å². The molecule has 5 heteroatoms. The number of aromatic carboxylic acids is 1. The van der Waals surface area contributed by atoms with E-state index in [9.17, 15) is 4.79 Å². The monoisotopic (exact) mass is 209 g/mol. The number of carboxylic acids is 1. The van der Waals surface area contributed by atoms with Gasteiger partial charge in [-0.3, -0.25) is 0 Å². The average Bonchev–Trinajstić information content (AvgIpc) is 2.25. The number of carbonyl (C=O) groups is 1. The molecular weight excluding hydrogens is 194 g/mol. The van der Waals surface area contributed by atoms with E-state index in [-0.39, 0.29) is 5.56 Å². The molecule has 5 nitrogen and oxygen atoms in total. The fourth-order valence-corrected chi connectivity index (χ4v) is 1.19. The van der Waals surface area contributed by atoms with E-state index in [2.05, 4.69) is 10.3 Å². The minimum atomic E-state index is -0.968. The first-order valence-corrected chi connectivity index (χ1v) is 4.88. The third kappa shape index (κ3) is 3.55. The van der Waals surface area contributed by atoms with Crippen molar-refractivity contribution < 1.29 is 9.90 Å². The minimum absolute atomic E-state index is 0.199. The van der Waals surface area contributed by atoms with Crippen LogP contribution in [0.4, 0.5) is 5.82 Å². The average molecular weight is 209 g/mol. The molecule has 0 aromatic carbocycles. The predicted octanol–water partition coefficient (Wildman–Crippen LogP) is 0.931. The number of anilines is 1. The number of nitrogens with zero attached hydrogens (tertiary/aromatic N) is 1. The summed E-state index contributed by atoms with van der Waals surface area (Å²) in [7, 11) is 0. The number of unbranched alkanes of at least 4 members (excludes halogenated alkanes) is 1. The SMILES string of the molecule is NCCCCNc1ncccc1C(=O)O. The van der Waals surface area contributed by atoms with Gasteiger partial charge in [0.2, 0.25) is 0 Å².